The lowest BCUT2D eigenvalue weighted by Crippen LogP contribution is -2.54. The number of carbonyl (C=O) groups excluding carboxylic acids is 2. The third-order valence-electron chi connectivity index (χ3n) is 7.48. The molecule has 0 aliphatic carbocycles. The second kappa shape index (κ2) is 10.7. The van der Waals surface area contributed by atoms with E-state index in [0.29, 0.717) is 26.1 Å². The average Bonchev–Trinajstić information content (AvgIpc) is 3.07. The molecule has 0 spiro atoms. The van der Waals surface area contributed by atoms with Gasteiger partial charge in [-0.1, -0.05) is 24.3 Å². The molecular weight excluding hydrogens is 478 g/mol. The van der Waals surface area contributed by atoms with Gasteiger partial charge in [-0.2, -0.15) is 0 Å². The fraction of sp³-hybridized carbons (Fsp3) is 0.500. The molecule has 8 heteroatoms. The Hall–Kier alpha value is -3.55. The zero-order valence-corrected chi connectivity index (χ0v) is 23.0. The van der Waals surface area contributed by atoms with Crippen LogP contribution in [0.15, 0.2) is 48.5 Å². The van der Waals surface area contributed by atoms with Gasteiger partial charge in [0.05, 0.1) is 11.0 Å². The molecule has 2 aromatic carbocycles. The molecule has 0 bridgehead atoms. The van der Waals surface area contributed by atoms with Crippen LogP contribution in [0.2, 0.25) is 0 Å². The Morgan fingerprint density at radius 3 is 2.53 bits per heavy atom. The SMILES string of the molecule is Cn1c(-c2cccc(N3CCCN(C(=O)[C@H]4CCCCN4C(=O)OC(C)(C)C)CC3)c2)nc2ccccc21. The molecule has 3 aromatic rings. The molecule has 38 heavy (non-hydrogen) atoms. The van der Waals surface area contributed by atoms with Gasteiger partial charge >= 0.3 is 6.09 Å². The predicted octanol–water partition coefficient (Wildman–Crippen LogP) is 5.07. The third kappa shape index (κ3) is 5.49. The number of benzene rings is 2. The predicted molar refractivity (Wildman–Crippen MR) is 150 cm³/mol. The van der Waals surface area contributed by atoms with Crippen molar-refractivity contribution in [3.63, 3.8) is 0 Å². The lowest BCUT2D eigenvalue weighted by atomic mass is 10.0. The molecule has 1 aromatic heterocycles. The maximum Gasteiger partial charge on any atom is 0.410 e. The van der Waals surface area contributed by atoms with Crippen molar-refractivity contribution < 1.29 is 14.3 Å². The summed E-state index contributed by atoms with van der Waals surface area (Å²) in [6.07, 6.45) is 3.04. The van der Waals surface area contributed by atoms with Crippen molar-refractivity contribution >= 4 is 28.7 Å². The Balaban J connectivity index is 1.29. The molecule has 8 nitrogen and oxygen atoms in total. The van der Waals surface area contributed by atoms with Gasteiger partial charge in [-0.25, -0.2) is 9.78 Å². The molecule has 202 valence electrons. The third-order valence-corrected chi connectivity index (χ3v) is 7.48. The first kappa shape index (κ1) is 26.1. The number of aromatic nitrogens is 2. The van der Waals surface area contributed by atoms with E-state index in [1.807, 2.05) is 43.9 Å². The minimum atomic E-state index is -0.582. The van der Waals surface area contributed by atoms with Crippen LogP contribution in [0.25, 0.3) is 22.4 Å². The van der Waals surface area contributed by atoms with Crippen LogP contribution >= 0.6 is 0 Å². The molecule has 0 radical (unpaired) electrons. The number of likely N-dealkylation sites (tertiary alicyclic amines) is 1. The number of nitrogens with zero attached hydrogens (tertiary/aromatic N) is 5. The number of imidazole rings is 1. The van der Waals surface area contributed by atoms with Gasteiger partial charge < -0.3 is 19.1 Å². The number of hydrogen-bond donors (Lipinski definition) is 0. The average molecular weight is 518 g/mol. The van der Waals surface area contributed by atoms with E-state index in [4.69, 9.17) is 9.72 Å². The minimum absolute atomic E-state index is 0.0471. The van der Waals surface area contributed by atoms with Crippen molar-refractivity contribution in [2.45, 2.75) is 58.1 Å². The number of fused-ring (bicyclic) bond motifs is 1. The van der Waals surface area contributed by atoms with E-state index in [-0.39, 0.29) is 12.0 Å². The lowest BCUT2D eigenvalue weighted by molar-refractivity contribution is -0.137. The quantitative estimate of drug-likeness (QED) is 0.485. The normalized spacial score (nSPS) is 18.9. The van der Waals surface area contributed by atoms with Gasteiger partial charge in [0.1, 0.15) is 17.5 Å². The Morgan fingerprint density at radius 1 is 0.921 bits per heavy atom. The molecule has 0 unspecified atom stereocenters. The van der Waals surface area contributed by atoms with Gasteiger partial charge in [0.2, 0.25) is 5.91 Å². The van der Waals surface area contributed by atoms with Crippen LogP contribution in [-0.4, -0.2) is 75.7 Å². The van der Waals surface area contributed by atoms with Crippen molar-refractivity contribution in [1.29, 1.82) is 0 Å². The molecule has 1 atom stereocenters. The second-order valence-corrected chi connectivity index (χ2v) is 11.4. The van der Waals surface area contributed by atoms with Gasteiger partial charge in [0.25, 0.3) is 0 Å². The maximum absolute atomic E-state index is 13.6. The molecule has 3 heterocycles. The number of anilines is 1. The van der Waals surface area contributed by atoms with E-state index in [1.54, 1.807) is 4.90 Å². The zero-order valence-electron chi connectivity index (χ0n) is 23.0. The maximum atomic E-state index is 13.6. The standard InChI is InChI=1S/C30H39N5O3/c1-30(2,3)38-29(37)35-18-8-7-15-26(35)28(36)34-17-10-16-33(19-20-34)23-12-9-11-22(21-23)27-31-24-13-5-6-14-25(24)32(27)4/h5-6,9,11-14,21,26H,7-8,10,15-20H2,1-4H3/t26-/m1/s1. The van der Waals surface area contributed by atoms with Crippen LogP contribution in [0.5, 0.6) is 0 Å². The van der Waals surface area contributed by atoms with Gasteiger partial charge in [-0.3, -0.25) is 9.69 Å². The van der Waals surface area contributed by atoms with E-state index in [1.165, 1.54) is 0 Å². The molecule has 2 amide bonds. The largest absolute Gasteiger partial charge is 0.444 e. The van der Waals surface area contributed by atoms with E-state index in [0.717, 1.165) is 60.5 Å². The monoisotopic (exact) mass is 517 g/mol. The minimum Gasteiger partial charge on any atom is -0.444 e. The van der Waals surface area contributed by atoms with Crippen LogP contribution in [0, 0.1) is 0 Å². The number of hydrogen-bond acceptors (Lipinski definition) is 5. The number of para-hydroxylation sites is 2. The van der Waals surface area contributed by atoms with Gasteiger partial charge in [0.15, 0.2) is 0 Å². The molecule has 2 aliphatic rings. The molecule has 0 N–H and O–H groups in total. The number of amides is 2. The molecule has 2 saturated heterocycles. The highest BCUT2D eigenvalue weighted by atomic mass is 16.6. The van der Waals surface area contributed by atoms with E-state index in [9.17, 15) is 9.59 Å². The Labute approximate surface area is 225 Å². The Morgan fingerprint density at radius 2 is 1.74 bits per heavy atom. The summed E-state index contributed by atoms with van der Waals surface area (Å²) in [7, 11) is 2.05. The van der Waals surface area contributed by atoms with Gasteiger partial charge in [-0.05, 0) is 70.7 Å². The first-order valence-corrected chi connectivity index (χ1v) is 13.8. The number of rotatable bonds is 3. The summed E-state index contributed by atoms with van der Waals surface area (Å²) in [5.41, 5.74) is 3.73. The van der Waals surface area contributed by atoms with Crippen LogP contribution in [0.1, 0.15) is 46.5 Å². The summed E-state index contributed by atoms with van der Waals surface area (Å²) in [5, 5.41) is 0. The number of ether oxygens (including phenoxy) is 1. The Kier molecular flexibility index (Phi) is 7.32. The summed E-state index contributed by atoms with van der Waals surface area (Å²) in [5.74, 6) is 0.991. The zero-order chi connectivity index (χ0) is 26.9. The molecule has 2 aliphatic heterocycles. The highest BCUT2D eigenvalue weighted by molar-refractivity contribution is 5.86. The summed E-state index contributed by atoms with van der Waals surface area (Å²) < 4.78 is 7.76. The van der Waals surface area contributed by atoms with Crippen LogP contribution in [-0.2, 0) is 16.6 Å². The molecule has 5 rings (SSSR count). The van der Waals surface area contributed by atoms with E-state index >= 15 is 0 Å². The Bertz CT molecular complexity index is 1310. The fourth-order valence-corrected chi connectivity index (χ4v) is 5.58. The molecule has 0 saturated carbocycles. The highest BCUT2D eigenvalue weighted by Crippen LogP contribution is 2.28. The lowest BCUT2D eigenvalue weighted by Gasteiger charge is -2.38. The van der Waals surface area contributed by atoms with Crippen molar-refractivity contribution in [2.75, 3.05) is 37.6 Å². The number of aryl methyl sites for hydroxylation is 1. The van der Waals surface area contributed by atoms with Crippen LogP contribution in [0.3, 0.4) is 0 Å². The van der Waals surface area contributed by atoms with Crippen molar-refractivity contribution in [2.24, 2.45) is 7.05 Å². The van der Waals surface area contributed by atoms with E-state index in [2.05, 4.69) is 46.8 Å². The summed E-state index contributed by atoms with van der Waals surface area (Å²) >= 11 is 0. The first-order valence-electron chi connectivity index (χ1n) is 13.8. The van der Waals surface area contributed by atoms with Crippen LogP contribution in [0.4, 0.5) is 10.5 Å². The first-order chi connectivity index (χ1) is 18.2. The summed E-state index contributed by atoms with van der Waals surface area (Å²) in [4.78, 5) is 37.3. The van der Waals surface area contributed by atoms with E-state index < -0.39 is 11.6 Å². The summed E-state index contributed by atoms with van der Waals surface area (Å²) in [6, 6.07) is 16.3. The molecule has 2 fully saturated rings. The summed E-state index contributed by atoms with van der Waals surface area (Å²) in [6.45, 7) is 9.10. The van der Waals surface area contributed by atoms with Crippen LogP contribution < -0.4 is 4.90 Å². The van der Waals surface area contributed by atoms with Crippen molar-refractivity contribution in [3.05, 3.63) is 48.5 Å². The topological polar surface area (TPSA) is 70.9 Å². The van der Waals surface area contributed by atoms with Gasteiger partial charge in [-0.15, -0.1) is 0 Å². The van der Waals surface area contributed by atoms with Gasteiger partial charge in [0, 0.05) is 51.0 Å². The number of piperidine rings is 1. The highest BCUT2D eigenvalue weighted by Gasteiger charge is 2.37. The van der Waals surface area contributed by atoms with Crippen molar-refractivity contribution in [1.82, 2.24) is 19.4 Å². The molecular formula is C30H39N5O3. The number of carbonyl (C=O) groups is 2. The second-order valence-electron chi connectivity index (χ2n) is 11.4. The fourth-order valence-electron chi connectivity index (χ4n) is 5.58. The van der Waals surface area contributed by atoms with Crippen molar-refractivity contribution in [3.8, 4) is 11.4 Å². The smallest absolute Gasteiger partial charge is 0.410 e.